The summed E-state index contributed by atoms with van der Waals surface area (Å²) < 4.78 is 52.8. The first-order valence-corrected chi connectivity index (χ1v) is 16.5. The molecule has 5 rings (SSSR count). The lowest BCUT2D eigenvalue weighted by Gasteiger charge is -2.30. The van der Waals surface area contributed by atoms with Crippen LogP contribution >= 0.6 is 27.7 Å². The Morgan fingerprint density at radius 1 is 1.07 bits per heavy atom. The van der Waals surface area contributed by atoms with Gasteiger partial charge in [-0.1, -0.05) is 56.7 Å². The van der Waals surface area contributed by atoms with Crippen molar-refractivity contribution in [2.45, 2.75) is 52.4 Å². The summed E-state index contributed by atoms with van der Waals surface area (Å²) in [6, 6.07) is 13.9. The molecule has 0 aliphatic rings. The summed E-state index contributed by atoms with van der Waals surface area (Å²) in [5.41, 5.74) is 1.93. The molecule has 5 aromatic rings. The highest BCUT2D eigenvalue weighted by molar-refractivity contribution is 9.10. The van der Waals surface area contributed by atoms with Gasteiger partial charge in [0.15, 0.2) is 23.2 Å². The van der Waals surface area contributed by atoms with E-state index in [1.165, 1.54) is 24.4 Å². The number of aromatic nitrogens is 4. The summed E-state index contributed by atoms with van der Waals surface area (Å²) in [6.07, 6.45) is 4.23. The maximum Gasteiger partial charge on any atom is 0.204 e. The predicted octanol–water partition coefficient (Wildman–Crippen LogP) is 10.6. The van der Waals surface area contributed by atoms with Gasteiger partial charge < -0.3 is 9.72 Å². The maximum atomic E-state index is 15.4. The zero-order valence-electron chi connectivity index (χ0n) is 26.0. The fourth-order valence-corrected chi connectivity index (χ4v) is 6.91. The third kappa shape index (κ3) is 6.72. The molecule has 0 saturated carbocycles. The molecule has 2 aromatic heterocycles. The number of nitrogens with zero attached hydrogens (tertiary/aromatic N) is 3. The Kier molecular flexibility index (Phi) is 9.56. The van der Waals surface area contributed by atoms with Crippen LogP contribution in [0.4, 0.5) is 13.2 Å². The summed E-state index contributed by atoms with van der Waals surface area (Å²) >= 11 is 5.06. The Balaban J connectivity index is 1.50. The molecule has 1 unspecified atom stereocenters. The lowest BCUT2D eigenvalue weighted by molar-refractivity contribution is 0.343. The van der Waals surface area contributed by atoms with Crippen molar-refractivity contribution in [3.05, 3.63) is 106 Å². The van der Waals surface area contributed by atoms with Crippen LogP contribution in [0, 0.1) is 29.8 Å². The topological polar surface area (TPSA) is 55.7 Å². The van der Waals surface area contributed by atoms with Crippen LogP contribution in [-0.2, 0) is 12.5 Å². The number of thioether (sulfide) groups is 1. The van der Waals surface area contributed by atoms with Gasteiger partial charge in [-0.2, -0.15) is 9.49 Å². The van der Waals surface area contributed by atoms with Crippen LogP contribution < -0.4 is 4.74 Å². The summed E-state index contributed by atoms with van der Waals surface area (Å²) in [4.78, 5) is 7.60. The van der Waals surface area contributed by atoms with Crippen molar-refractivity contribution in [1.29, 1.82) is 0 Å². The van der Waals surface area contributed by atoms with Crippen molar-refractivity contribution in [3.8, 4) is 22.9 Å². The van der Waals surface area contributed by atoms with Crippen LogP contribution in [0.3, 0.4) is 0 Å². The first kappa shape index (κ1) is 32.9. The van der Waals surface area contributed by atoms with E-state index in [9.17, 15) is 4.39 Å². The highest BCUT2D eigenvalue weighted by atomic mass is 79.9. The molecule has 2 heterocycles. The fraction of sp³-hybridized carbons (Fsp3) is 0.314. The molecular weight excluding hydrogens is 661 g/mol. The van der Waals surface area contributed by atoms with Crippen molar-refractivity contribution in [3.63, 3.8) is 0 Å². The Bertz CT molecular complexity index is 1870. The first-order chi connectivity index (χ1) is 21.3. The molecule has 236 valence electrons. The van der Waals surface area contributed by atoms with Gasteiger partial charge in [-0.05, 0) is 83.3 Å². The molecule has 0 saturated heterocycles. The molecule has 3 aromatic carbocycles. The number of rotatable bonds is 12. The van der Waals surface area contributed by atoms with Crippen molar-refractivity contribution in [2.75, 3.05) is 5.75 Å². The maximum absolute atomic E-state index is 15.4. The average molecular weight is 698 g/mol. The van der Waals surface area contributed by atoms with Crippen molar-refractivity contribution >= 4 is 38.6 Å². The molecule has 45 heavy (non-hydrogen) atoms. The number of nitrogens with one attached hydrogen (secondary N) is 1. The van der Waals surface area contributed by atoms with Crippen LogP contribution in [0.25, 0.3) is 22.3 Å². The van der Waals surface area contributed by atoms with E-state index >= 15 is 8.78 Å². The molecule has 0 amide bonds. The van der Waals surface area contributed by atoms with Gasteiger partial charge in [0.1, 0.15) is 11.6 Å². The van der Waals surface area contributed by atoms with Crippen LogP contribution in [0.5, 0.6) is 11.5 Å². The lowest BCUT2D eigenvalue weighted by atomic mass is 9.75. The quantitative estimate of drug-likeness (QED) is 0.132. The molecule has 10 heteroatoms. The second-order valence-corrected chi connectivity index (χ2v) is 14.1. The monoisotopic (exact) mass is 696 g/mol. The van der Waals surface area contributed by atoms with Gasteiger partial charge in [0.25, 0.3) is 0 Å². The summed E-state index contributed by atoms with van der Waals surface area (Å²) in [5.74, 6) is -1.15. The molecule has 0 aliphatic carbocycles. The number of aromatic amines is 1. The smallest absolute Gasteiger partial charge is 0.204 e. The Morgan fingerprint density at radius 2 is 1.84 bits per heavy atom. The molecular formula is C35H36BrF3N4OS. The summed E-state index contributed by atoms with van der Waals surface area (Å²) in [6.45, 7) is 12.5. The van der Waals surface area contributed by atoms with Crippen molar-refractivity contribution in [1.82, 2.24) is 19.7 Å². The number of aryl methyl sites for hydroxylation is 2. The zero-order valence-corrected chi connectivity index (χ0v) is 28.4. The Hall–Kier alpha value is -3.50. The summed E-state index contributed by atoms with van der Waals surface area (Å²) in [7, 11) is 1.72. The SMILES string of the molecule is C=CSCC(C)(C)CCCC(C)(c1cccc(C)c1)c1nc(-c2cc(Oc3c(F)c(F)c4[nH]ccc4c3Br)ccc2F)n(C)n1. The molecule has 1 atom stereocenters. The van der Waals surface area contributed by atoms with E-state index in [1.54, 1.807) is 29.6 Å². The third-order valence-electron chi connectivity index (χ3n) is 8.23. The highest BCUT2D eigenvalue weighted by Gasteiger charge is 2.35. The number of hydrogen-bond donors (Lipinski definition) is 1. The van der Waals surface area contributed by atoms with Gasteiger partial charge in [0.2, 0.25) is 5.82 Å². The number of benzene rings is 3. The summed E-state index contributed by atoms with van der Waals surface area (Å²) in [5, 5.41) is 7.11. The zero-order chi connectivity index (χ0) is 32.5. The van der Waals surface area contributed by atoms with E-state index in [-0.39, 0.29) is 32.5 Å². The molecule has 0 spiro atoms. The van der Waals surface area contributed by atoms with E-state index in [0.29, 0.717) is 17.0 Å². The van der Waals surface area contributed by atoms with Crippen molar-refractivity contribution < 1.29 is 17.9 Å². The number of H-pyrrole nitrogens is 1. The third-order valence-corrected chi connectivity index (χ3v) is 10.2. The normalized spacial score (nSPS) is 13.3. The molecule has 5 nitrogen and oxygen atoms in total. The van der Waals surface area contributed by atoms with Gasteiger partial charge in [-0.25, -0.2) is 18.4 Å². The second kappa shape index (κ2) is 13.1. The average Bonchev–Trinajstić information content (AvgIpc) is 3.65. The van der Waals surface area contributed by atoms with Gasteiger partial charge in [-0.15, -0.1) is 11.8 Å². The number of ether oxygens (including phenoxy) is 1. The molecule has 0 fully saturated rings. The minimum atomic E-state index is -1.16. The highest BCUT2D eigenvalue weighted by Crippen LogP contribution is 2.42. The van der Waals surface area contributed by atoms with Gasteiger partial charge in [-0.3, -0.25) is 0 Å². The standard InChI is InChI=1S/C35H36BrF3N4OS/c1-7-45-20-34(3,4)15-9-16-35(5,22-11-8-10-21(2)18-22)33-41-32(43(6)42-33)25-19-23(12-13-26(25)37)44-31-27(36)24-14-17-40-30(24)28(38)29(31)39/h7-8,10-14,17-19,40H,1,9,15-16,20H2,2-6H3. The largest absolute Gasteiger partial charge is 0.453 e. The van der Waals surface area contributed by atoms with E-state index in [4.69, 9.17) is 14.8 Å². The van der Waals surface area contributed by atoms with Crippen LogP contribution in [0.1, 0.15) is 57.0 Å². The van der Waals surface area contributed by atoms with Crippen LogP contribution in [0.2, 0.25) is 0 Å². The number of fused-ring (bicyclic) bond motifs is 1. The second-order valence-electron chi connectivity index (χ2n) is 12.4. The van der Waals surface area contributed by atoms with E-state index in [1.807, 2.05) is 11.5 Å². The van der Waals surface area contributed by atoms with Crippen LogP contribution in [-0.4, -0.2) is 25.5 Å². The van der Waals surface area contributed by atoms with E-state index in [0.717, 1.165) is 36.1 Å². The first-order valence-electron chi connectivity index (χ1n) is 14.7. The minimum Gasteiger partial charge on any atom is -0.453 e. The van der Waals surface area contributed by atoms with Gasteiger partial charge >= 0.3 is 0 Å². The van der Waals surface area contributed by atoms with Crippen LogP contribution in [0.15, 0.2) is 71.2 Å². The molecule has 0 radical (unpaired) electrons. The Morgan fingerprint density at radius 3 is 2.58 bits per heavy atom. The lowest BCUT2D eigenvalue weighted by Crippen LogP contribution is -2.27. The number of halogens is 4. The molecule has 1 N–H and O–H groups in total. The van der Waals surface area contributed by atoms with Gasteiger partial charge in [0.05, 0.1) is 21.0 Å². The number of hydrogen-bond acceptors (Lipinski definition) is 4. The molecule has 0 aliphatic heterocycles. The van der Waals surface area contributed by atoms with Crippen molar-refractivity contribution in [2.24, 2.45) is 12.5 Å². The fourth-order valence-electron chi connectivity index (χ4n) is 5.61. The minimum absolute atomic E-state index is 0.0222. The van der Waals surface area contributed by atoms with E-state index in [2.05, 4.69) is 73.4 Å². The Labute approximate surface area is 274 Å². The van der Waals surface area contributed by atoms with E-state index < -0.39 is 22.9 Å². The van der Waals surface area contributed by atoms with Gasteiger partial charge in [0, 0.05) is 24.4 Å². The molecule has 0 bridgehead atoms. The predicted molar refractivity (Wildman–Crippen MR) is 180 cm³/mol.